The first-order valence-electron chi connectivity index (χ1n) is 10.6. The summed E-state index contributed by atoms with van der Waals surface area (Å²) >= 11 is 0. The van der Waals surface area contributed by atoms with Crippen molar-refractivity contribution in [2.24, 2.45) is 5.73 Å². The maximum atomic E-state index is 12.5. The van der Waals surface area contributed by atoms with E-state index in [4.69, 9.17) is 15.2 Å². The van der Waals surface area contributed by atoms with E-state index in [0.717, 1.165) is 11.6 Å². The highest BCUT2D eigenvalue weighted by Gasteiger charge is 2.31. The SMILES string of the molecule is CC(C)c1ccc(C2C(C#N)=C(N)Oc3cc(OC(=O)c4cccc([N+](=O)[O-])c4)ccc32)cc1. The fourth-order valence-electron chi connectivity index (χ4n) is 3.83. The monoisotopic (exact) mass is 455 g/mol. The minimum atomic E-state index is -0.749. The van der Waals surface area contributed by atoms with Crippen LogP contribution in [0.4, 0.5) is 5.69 Å². The topological polar surface area (TPSA) is 128 Å². The third kappa shape index (κ3) is 4.32. The molecular weight excluding hydrogens is 434 g/mol. The van der Waals surface area contributed by atoms with Gasteiger partial charge in [-0.15, -0.1) is 0 Å². The number of nitro benzene ring substituents is 1. The molecule has 3 aromatic carbocycles. The normalized spacial score (nSPS) is 14.7. The van der Waals surface area contributed by atoms with Gasteiger partial charge in [0, 0.05) is 23.8 Å². The Morgan fingerprint density at radius 2 is 1.88 bits per heavy atom. The summed E-state index contributed by atoms with van der Waals surface area (Å²) < 4.78 is 11.1. The molecule has 170 valence electrons. The highest BCUT2D eigenvalue weighted by molar-refractivity contribution is 5.91. The van der Waals surface area contributed by atoms with Crippen LogP contribution in [0.2, 0.25) is 0 Å². The van der Waals surface area contributed by atoms with Gasteiger partial charge >= 0.3 is 5.97 Å². The van der Waals surface area contributed by atoms with Crippen LogP contribution < -0.4 is 15.2 Å². The molecule has 1 aliphatic rings. The summed E-state index contributed by atoms with van der Waals surface area (Å²) in [5.41, 5.74) is 8.96. The van der Waals surface area contributed by atoms with Crippen molar-refractivity contribution in [2.45, 2.75) is 25.7 Å². The molecule has 0 aromatic heterocycles. The Morgan fingerprint density at radius 1 is 1.15 bits per heavy atom. The van der Waals surface area contributed by atoms with Crippen molar-refractivity contribution >= 4 is 11.7 Å². The van der Waals surface area contributed by atoms with E-state index in [1.54, 1.807) is 12.1 Å². The van der Waals surface area contributed by atoms with E-state index >= 15 is 0 Å². The van der Waals surface area contributed by atoms with E-state index in [1.165, 1.54) is 29.8 Å². The maximum Gasteiger partial charge on any atom is 0.343 e. The number of non-ortho nitro benzene ring substituents is 1. The van der Waals surface area contributed by atoms with Crippen molar-refractivity contribution in [1.82, 2.24) is 0 Å². The first kappa shape index (κ1) is 22.6. The Labute approximate surface area is 196 Å². The summed E-state index contributed by atoms with van der Waals surface area (Å²) in [7, 11) is 0. The molecule has 8 heteroatoms. The standard InChI is InChI=1S/C26H21N3O5/c1-15(2)16-6-8-17(9-7-16)24-21-11-10-20(13-23(21)34-25(28)22(24)14-27)33-26(30)18-4-3-5-19(12-18)29(31)32/h3-13,15,24H,28H2,1-2H3. The molecule has 0 saturated heterocycles. The van der Waals surface area contributed by atoms with Crippen LogP contribution in [-0.4, -0.2) is 10.9 Å². The molecule has 1 aliphatic heterocycles. The minimum absolute atomic E-state index is 0.0184. The number of nitrogens with two attached hydrogens (primary N) is 1. The zero-order valence-electron chi connectivity index (χ0n) is 18.5. The lowest BCUT2D eigenvalue weighted by Crippen LogP contribution is -2.21. The van der Waals surface area contributed by atoms with E-state index in [2.05, 4.69) is 19.9 Å². The number of nitro groups is 1. The number of esters is 1. The van der Waals surface area contributed by atoms with Gasteiger partial charge in [-0.2, -0.15) is 5.26 Å². The van der Waals surface area contributed by atoms with E-state index in [0.29, 0.717) is 22.8 Å². The quantitative estimate of drug-likeness (QED) is 0.244. The largest absolute Gasteiger partial charge is 0.440 e. The van der Waals surface area contributed by atoms with Gasteiger partial charge in [-0.1, -0.05) is 50.2 Å². The molecule has 34 heavy (non-hydrogen) atoms. The zero-order chi connectivity index (χ0) is 24.4. The molecule has 1 heterocycles. The Morgan fingerprint density at radius 3 is 2.53 bits per heavy atom. The number of fused-ring (bicyclic) bond motifs is 1. The predicted molar refractivity (Wildman–Crippen MR) is 124 cm³/mol. The summed E-state index contributed by atoms with van der Waals surface area (Å²) in [6.45, 7) is 4.21. The van der Waals surface area contributed by atoms with Gasteiger partial charge in [0.1, 0.15) is 23.1 Å². The number of nitrogens with zero attached hydrogens (tertiary/aromatic N) is 2. The smallest absolute Gasteiger partial charge is 0.343 e. The van der Waals surface area contributed by atoms with Crippen LogP contribution in [-0.2, 0) is 0 Å². The number of carbonyl (C=O) groups excluding carboxylic acids is 1. The lowest BCUT2D eigenvalue weighted by molar-refractivity contribution is -0.384. The van der Waals surface area contributed by atoms with Crippen LogP contribution in [0.25, 0.3) is 0 Å². The fourth-order valence-corrected chi connectivity index (χ4v) is 3.83. The predicted octanol–water partition coefficient (Wildman–Crippen LogP) is 5.16. The molecule has 1 unspecified atom stereocenters. The van der Waals surface area contributed by atoms with Crippen LogP contribution in [0.5, 0.6) is 11.5 Å². The van der Waals surface area contributed by atoms with Crippen LogP contribution in [0.1, 0.15) is 52.7 Å². The Hall–Kier alpha value is -4.64. The molecule has 0 radical (unpaired) electrons. The first-order valence-corrected chi connectivity index (χ1v) is 10.6. The van der Waals surface area contributed by atoms with E-state index < -0.39 is 16.8 Å². The van der Waals surface area contributed by atoms with E-state index in [-0.39, 0.29) is 22.9 Å². The van der Waals surface area contributed by atoms with Gasteiger partial charge < -0.3 is 15.2 Å². The summed E-state index contributed by atoms with van der Waals surface area (Å²) in [6.07, 6.45) is 0. The Balaban J connectivity index is 1.66. The number of nitriles is 1. The first-order chi connectivity index (χ1) is 16.3. The van der Waals surface area contributed by atoms with Crippen LogP contribution in [0, 0.1) is 21.4 Å². The third-order valence-corrected chi connectivity index (χ3v) is 5.63. The van der Waals surface area contributed by atoms with E-state index in [9.17, 15) is 20.2 Å². The third-order valence-electron chi connectivity index (χ3n) is 5.63. The maximum absolute atomic E-state index is 12.5. The highest BCUT2D eigenvalue weighted by atomic mass is 16.6. The Bertz CT molecular complexity index is 1350. The van der Waals surface area contributed by atoms with Gasteiger partial charge in [0.15, 0.2) is 0 Å². The van der Waals surface area contributed by atoms with Gasteiger partial charge in [-0.25, -0.2) is 4.79 Å². The number of hydrogen-bond acceptors (Lipinski definition) is 7. The van der Waals surface area contributed by atoms with Crippen molar-refractivity contribution in [3.8, 4) is 17.6 Å². The van der Waals surface area contributed by atoms with Crippen LogP contribution in [0.3, 0.4) is 0 Å². The number of hydrogen-bond donors (Lipinski definition) is 1. The average molecular weight is 455 g/mol. The lowest BCUT2D eigenvalue weighted by Gasteiger charge is -2.27. The van der Waals surface area contributed by atoms with E-state index in [1.807, 2.05) is 24.3 Å². The van der Waals surface area contributed by atoms with Crippen LogP contribution in [0.15, 0.2) is 78.2 Å². The lowest BCUT2D eigenvalue weighted by atomic mass is 9.83. The molecule has 0 aliphatic carbocycles. The number of rotatable bonds is 5. The average Bonchev–Trinajstić information content (AvgIpc) is 2.83. The summed E-state index contributed by atoms with van der Waals surface area (Å²) in [5, 5.41) is 20.7. The Kier molecular flexibility index (Phi) is 6.02. The molecule has 0 amide bonds. The van der Waals surface area contributed by atoms with Gasteiger partial charge in [-0.05, 0) is 29.2 Å². The van der Waals surface area contributed by atoms with Crippen molar-refractivity contribution in [3.05, 3.63) is 111 Å². The molecule has 0 fully saturated rings. The molecule has 0 spiro atoms. The molecule has 2 N–H and O–H groups in total. The minimum Gasteiger partial charge on any atom is -0.440 e. The number of allylic oxidation sites excluding steroid dienone is 1. The van der Waals surface area contributed by atoms with Crippen molar-refractivity contribution in [2.75, 3.05) is 0 Å². The second-order valence-electron chi connectivity index (χ2n) is 8.14. The number of benzene rings is 3. The van der Waals surface area contributed by atoms with Gasteiger partial charge in [0.25, 0.3) is 5.69 Å². The molecule has 0 bridgehead atoms. The zero-order valence-corrected chi connectivity index (χ0v) is 18.5. The molecule has 0 saturated carbocycles. The highest BCUT2D eigenvalue weighted by Crippen LogP contribution is 2.43. The van der Waals surface area contributed by atoms with Crippen molar-refractivity contribution in [1.29, 1.82) is 5.26 Å². The van der Waals surface area contributed by atoms with Crippen molar-refractivity contribution in [3.63, 3.8) is 0 Å². The molecule has 3 aromatic rings. The summed E-state index contributed by atoms with van der Waals surface area (Å²) in [5.74, 6) is -0.292. The molecular formula is C26H21N3O5. The van der Waals surface area contributed by atoms with Gasteiger partial charge in [0.2, 0.25) is 5.88 Å². The second-order valence-corrected chi connectivity index (χ2v) is 8.14. The summed E-state index contributed by atoms with van der Waals surface area (Å²) in [6, 6.07) is 20.2. The molecule has 8 nitrogen and oxygen atoms in total. The van der Waals surface area contributed by atoms with Crippen molar-refractivity contribution < 1.29 is 19.2 Å². The number of ether oxygens (including phenoxy) is 2. The van der Waals surface area contributed by atoms with Crippen LogP contribution >= 0.6 is 0 Å². The molecule has 4 rings (SSSR count). The van der Waals surface area contributed by atoms with Gasteiger partial charge in [0.05, 0.1) is 16.4 Å². The summed E-state index contributed by atoms with van der Waals surface area (Å²) in [4.78, 5) is 22.9. The van der Waals surface area contributed by atoms with Gasteiger partial charge in [-0.3, -0.25) is 10.1 Å². The molecule has 1 atom stereocenters. The second kappa shape index (κ2) is 9.08. The number of carbonyl (C=O) groups is 1. The fraction of sp³-hybridized carbons (Fsp3) is 0.154.